The molecule has 0 fully saturated rings. The summed E-state index contributed by atoms with van der Waals surface area (Å²) in [6.07, 6.45) is 6.60. The molecule has 0 bridgehead atoms. The summed E-state index contributed by atoms with van der Waals surface area (Å²) in [5.41, 5.74) is 4.43. The van der Waals surface area contributed by atoms with E-state index in [0.29, 0.717) is 41.6 Å². The summed E-state index contributed by atoms with van der Waals surface area (Å²) in [6.45, 7) is 2.71. The number of terminal acetylenes is 1. The number of amides is 1. The Morgan fingerprint density at radius 3 is 2.44 bits per heavy atom. The number of nitrogens with zero attached hydrogens (tertiary/aromatic N) is 1. The molecular formula is C26H22Cl2N2O4. The Morgan fingerprint density at radius 2 is 1.76 bits per heavy atom. The number of carbonyl (C=O) groups is 1. The maximum Gasteiger partial charge on any atom is 0.271 e. The Bertz CT molecular complexity index is 1180. The van der Waals surface area contributed by atoms with Gasteiger partial charge < -0.3 is 14.2 Å². The van der Waals surface area contributed by atoms with Gasteiger partial charge in [0.25, 0.3) is 5.91 Å². The first-order valence-corrected chi connectivity index (χ1v) is 11.1. The number of benzene rings is 3. The minimum absolute atomic E-state index is 0.0444. The third-order valence-corrected chi connectivity index (χ3v) is 5.00. The molecule has 0 atom stereocenters. The lowest BCUT2D eigenvalue weighted by Crippen LogP contribution is -2.17. The highest BCUT2D eigenvalue weighted by Crippen LogP contribution is 2.34. The van der Waals surface area contributed by atoms with Gasteiger partial charge in [-0.1, -0.05) is 59.5 Å². The average Bonchev–Trinajstić information content (AvgIpc) is 2.83. The molecule has 0 aliphatic heterocycles. The number of hydrazone groups is 1. The van der Waals surface area contributed by atoms with Gasteiger partial charge in [0.2, 0.25) is 0 Å². The topological polar surface area (TPSA) is 69.2 Å². The molecule has 1 amide bonds. The third kappa shape index (κ3) is 6.92. The van der Waals surface area contributed by atoms with E-state index in [1.54, 1.807) is 30.3 Å². The van der Waals surface area contributed by atoms with Gasteiger partial charge in [0, 0.05) is 5.56 Å². The van der Waals surface area contributed by atoms with Crippen molar-refractivity contribution in [1.29, 1.82) is 0 Å². The minimum atomic E-state index is -0.419. The van der Waals surface area contributed by atoms with Crippen LogP contribution in [0.3, 0.4) is 0 Å². The van der Waals surface area contributed by atoms with E-state index < -0.39 is 5.91 Å². The summed E-state index contributed by atoms with van der Waals surface area (Å²) >= 11 is 12.4. The van der Waals surface area contributed by atoms with E-state index >= 15 is 0 Å². The molecule has 3 rings (SSSR count). The van der Waals surface area contributed by atoms with Crippen LogP contribution in [0.25, 0.3) is 0 Å². The number of hydrogen-bond donors (Lipinski definition) is 1. The summed E-state index contributed by atoms with van der Waals surface area (Å²) in [7, 11) is 0. The van der Waals surface area contributed by atoms with E-state index in [4.69, 9.17) is 43.8 Å². The van der Waals surface area contributed by atoms with Crippen LogP contribution in [0, 0.1) is 12.3 Å². The molecule has 1 N–H and O–H groups in total. The van der Waals surface area contributed by atoms with Crippen LogP contribution in [0.1, 0.15) is 28.4 Å². The van der Waals surface area contributed by atoms with Crippen LogP contribution < -0.4 is 19.6 Å². The SMILES string of the molecule is C#CCOc1c(Cl)cc(/C=N/NC(=O)c2ccc(OCc3ccccc3)c(OCC)c2)cc1Cl. The Balaban J connectivity index is 1.66. The lowest BCUT2D eigenvalue weighted by atomic mass is 10.2. The summed E-state index contributed by atoms with van der Waals surface area (Å²) in [5.74, 6) is 3.23. The Labute approximate surface area is 208 Å². The van der Waals surface area contributed by atoms with Gasteiger partial charge in [-0.25, -0.2) is 5.43 Å². The molecule has 0 saturated carbocycles. The van der Waals surface area contributed by atoms with Crippen molar-refractivity contribution in [3.8, 4) is 29.6 Å². The van der Waals surface area contributed by atoms with Crippen LogP contribution in [-0.2, 0) is 6.61 Å². The highest BCUT2D eigenvalue weighted by Gasteiger charge is 2.12. The monoisotopic (exact) mass is 496 g/mol. The molecule has 0 heterocycles. The lowest BCUT2D eigenvalue weighted by Gasteiger charge is -2.13. The lowest BCUT2D eigenvalue weighted by molar-refractivity contribution is 0.0954. The van der Waals surface area contributed by atoms with Crippen molar-refractivity contribution in [1.82, 2.24) is 5.43 Å². The molecule has 0 radical (unpaired) electrons. The Hall–Kier alpha value is -3.66. The zero-order chi connectivity index (χ0) is 24.3. The first-order chi connectivity index (χ1) is 16.5. The largest absolute Gasteiger partial charge is 0.490 e. The zero-order valence-electron chi connectivity index (χ0n) is 18.4. The first-order valence-electron chi connectivity index (χ1n) is 10.3. The van der Waals surface area contributed by atoms with Crippen molar-refractivity contribution in [2.45, 2.75) is 13.5 Å². The van der Waals surface area contributed by atoms with E-state index in [-0.39, 0.29) is 16.7 Å². The van der Waals surface area contributed by atoms with Crippen molar-refractivity contribution < 1.29 is 19.0 Å². The molecule has 34 heavy (non-hydrogen) atoms. The number of ether oxygens (including phenoxy) is 3. The Morgan fingerprint density at radius 1 is 1.03 bits per heavy atom. The van der Waals surface area contributed by atoms with E-state index in [1.807, 2.05) is 37.3 Å². The summed E-state index contributed by atoms with van der Waals surface area (Å²) in [4.78, 5) is 12.6. The van der Waals surface area contributed by atoms with Gasteiger partial charge in [-0.2, -0.15) is 5.10 Å². The van der Waals surface area contributed by atoms with Gasteiger partial charge in [-0.3, -0.25) is 4.79 Å². The standard InChI is InChI=1S/C26H22Cl2N2O4/c1-3-12-33-25-21(27)13-19(14-22(25)28)16-29-30-26(31)20-10-11-23(24(15-20)32-4-2)34-17-18-8-6-5-7-9-18/h1,5-11,13-16H,4,12,17H2,2H3,(H,30,31)/b29-16+. The van der Waals surface area contributed by atoms with Gasteiger partial charge in [0.05, 0.1) is 22.9 Å². The molecule has 0 aliphatic rings. The van der Waals surface area contributed by atoms with E-state index in [2.05, 4.69) is 16.4 Å². The average molecular weight is 497 g/mol. The molecule has 3 aromatic rings. The fourth-order valence-electron chi connectivity index (χ4n) is 2.91. The smallest absolute Gasteiger partial charge is 0.271 e. The molecule has 6 nitrogen and oxygen atoms in total. The maximum atomic E-state index is 12.6. The third-order valence-electron chi connectivity index (χ3n) is 4.44. The molecular weight excluding hydrogens is 475 g/mol. The fraction of sp³-hybridized carbons (Fsp3) is 0.154. The Kier molecular flexibility index (Phi) is 9.21. The molecule has 174 valence electrons. The second-order valence-corrected chi connectivity index (χ2v) is 7.69. The zero-order valence-corrected chi connectivity index (χ0v) is 19.9. The second kappa shape index (κ2) is 12.5. The minimum Gasteiger partial charge on any atom is -0.490 e. The van der Waals surface area contributed by atoms with Gasteiger partial charge >= 0.3 is 0 Å². The number of nitrogens with one attached hydrogen (secondary N) is 1. The van der Waals surface area contributed by atoms with Gasteiger partial charge in [-0.15, -0.1) is 6.42 Å². The summed E-state index contributed by atoms with van der Waals surface area (Å²) in [5, 5.41) is 4.54. The molecule has 0 saturated heterocycles. The van der Waals surface area contributed by atoms with E-state index in [9.17, 15) is 4.79 Å². The van der Waals surface area contributed by atoms with Gasteiger partial charge in [0.1, 0.15) is 13.2 Å². The highest BCUT2D eigenvalue weighted by molar-refractivity contribution is 6.37. The highest BCUT2D eigenvalue weighted by atomic mass is 35.5. The predicted molar refractivity (Wildman–Crippen MR) is 134 cm³/mol. The quantitative estimate of drug-likeness (QED) is 0.220. The van der Waals surface area contributed by atoms with Crippen molar-refractivity contribution >= 4 is 35.3 Å². The number of hydrogen-bond acceptors (Lipinski definition) is 5. The molecule has 0 unspecified atom stereocenters. The van der Waals surface area contributed by atoms with Crippen LogP contribution in [0.2, 0.25) is 10.0 Å². The van der Waals surface area contributed by atoms with Gasteiger partial charge in [0.15, 0.2) is 17.2 Å². The van der Waals surface area contributed by atoms with Crippen LogP contribution >= 0.6 is 23.2 Å². The molecule has 0 spiro atoms. The number of halogens is 2. The molecule has 0 aromatic heterocycles. The van der Waals surface area contributed by atoms with Crippen LogP contribution in [0.4, 0.5) is 0 Å². The van der Waals surface area contributed by atoms with Crippen LogP contribution in [0.5, 0.6) is 17.2 Å². The number of carbonyl (C=O) groups excluding carboxylic acids is 1. The summed E-state index contributed by atoms with van der Waals surface area (Å²) in [6, 6.07) is 17.9. The second-order valence-electron chi connectivity index (χ2n) is 6.87. The van der Waals surface area contributed by atoms with Crippen LogP contribution in [-0.4, -0.2) is 25.3 Å². The van der Waals surface area contributed by atoms with E-state index in [1.165, 1.54) is 6.21 Å². The maximum absolute atomic E-state index is 12.6. The fourth-order valence-corrected chi connectivity index (χ4v) is 3.52. The molecule has 0 aliphatic carbocycles. The molecule has 3 aromatic carbocycles. The van der Waals surface area contributed by atoms with Crippen molar-refractivity contribution in [3.63, 3.8) is 0 Å². The summed E-state index contributed by atoms with van der Waals surface area (Å²) < 4.78 is 16.9. The van der Waals surface area contributed by atoms with Crippen LogP contribution in [0.15, 0.2) is 65.8 Å². The first kappa shape index (κ1) is 25.0. The van der Waals surface area contributed by atoms with Crippen molar-refractivity contribution in [2.24, 2.45) is 5.10 Å². The normalized spacial score (nSPS) is 10.5. The number of rotatable bonds is 10. The van der Waals surface area contributed by atoms with E-state index in [0.717, 1.165) is 5.56 Å². The van der Waals surface area contributed by atoms with Crippen molar-refractivity contribution in [3.05, 3.63) is 87.4 Å². The predicted octanol–water partition coefficient (Wildman–Crippen LogP) is 5.75. The van der Waals surface area contributed by atoms with Gasteiger partial charge in [-0.05, 0) is 48.4 Å². The molecule has 8 heteroatoms. The van der Waals surface area contributed by atoms with Crippen molar-refractivity contribution in [2.75, 3.05) is 13.2 Å².